The van der Waals surface area contributed by atoms with Crippen LogP contribution in [0.4, 0.5) is 4.79 Å². The van der Waals surface area contributed by atoms with E-state index in [-0.39, 0.29) is 19.6 Å². The SMILES string of the molecule is C#Cc1ccc(C(C(=O)NCCC(=O)OCC)N(C(=O)C(C)NC(=O)OC(C)(C)C)C(C)C)cc1. The maximum absolute atomic E-state index is 13.5. The van der Waals surface area contributed by atoms with Gasteiger partial charge < -0.3 is 25.0 Å². The van der Waals surface area contributed by atoms with Crippen molar-refractivity contribution in [2.24, 2.45) is 0 Å². The van der Waals surface area contributed by atoms with Gasteiger partial charge in [-0.1, -0.05) is 18.1 Å². The molecule has 1 aromatic rings. The van der Waals surface area contributed by atoms with Crippen molar-refractivity contribution in [1.29, 1.82) is 0 Å². The highest BCUT2D eigenvalue weighted by molar-refractivity contribution is 5.92. The molecular formula is C26H37N3O6. The number of nitrogens with zero attached hydrogens (tertiary/aromatic N) is 1. The Morgan fingerprint density at radius 1 is 1.09 bits per heavy atom. The average molecular weight is 488 g/mol. The summed E-state index contributed by atoms with van der Waals surface area (Å²) in [5.41, 5.74) is 0.423. The third-order valence-corrected chi connectivity index (χ3v) is 4.77. The number of nitrogens with one attached hydrogen (secondary N) is 2. The minimum Gasteiger partial charge on any atom is -0.466 e. The molecule has 0 heterocycles. The minimum absolute atomic E-state index is 0.00540. The molecule has 9 nitrogen and oxygen atoms in total. The van der Waals surface area contributed by atoms with E-state index < -0.39 is 47.6 Å². The highest BCUT2D eigenvalue weighted by atomic mass is 16.6. The van der Waals surface area contributed by atoms with Gasteiger partial charge in [-0.2, -0.15) is 0 Å². The lowest BCUT2D eigenvalue weighted by atomic mass is 10.00. The number of esters is 1. The zero-order valence-corrected chi connectivity index (χ0v) is 21.6. The predicted octanol–water partition coefficient (Wildman–Crippen LogP) is 2.93. The molecule has 1 aromatic carbocycles. The normalized spacial score (nSPS) is 12.7. The van der Waals surface area contributed by atoms with E-state index in [1.807, 2.05) is 0 Å². The summed E-state index contributed by atoms with van der Waals surface area (Å²) in [6.45, 7) is 12.2. The van der Waals surface area contributed by atoms with E-state index in [9.17, 15) is 19.2 Å². The Morgan fingerprint density at radius 3 is 2.17 bits per heavy atom. The Kier molecular flexibility index (Phi) is 11.3. The first-order valence-electron chi connectivity index (χ1n) is 11.6. The van der Waals surface area contributed by atoms with Crippen molar-refractivity contribution in [2.45, 2.75) is 78.6 Å². The maximum atomic E-state index is 13.5. The fourth-order valence-electron chi connectivity index (χ4n) is 3.27. The third-order valence-electron chi connectivity index (χ3n) is 4.77. The van der Waals surface area contributed by atoms with Crippen molar-refractivity contribution in [1.82, 2.24) is 15.5 Å². The summed E-state index contributed by atoms with van der Waals surface area (Å²) >= 11 is 0. The number of rotatable bonds is 10. The van der Waals surface area contributed by atoms with Crippen molar-refractivity contribution in [3.05, 3.63) is 35.4 Å². The summed E-state index contributed by atoms with van der Waals surface area (Å²) in [5.74, 6) is 1.13. The molecule has 2 N–H and O–H groups in total. The second-order valence-corrected chi connectivity index (χ2v) is 9.22. The number of alkyl carbamates (subject to hydrolysis) is 1. The molecule has 1 rings (SSSR count). The average Bonchev–Trinajstić information content (AvgIpc) is 2.75. The molecule has 192 valence electrons. The van der Waals surface area contributed by atoms with Crippen LogP contribution in [0, 0.1) is 12.3 Å². The van der Waals surface area contributed by atoms with Gasteiger partial charge >= 0.3 is 12.1 Å². The lowest BCUT2D eigenvalue weighted by Crippen LogP contribution is -2.54. The summed E-state index contributed by atoms with van der Waals surface area (Å²) in [6.07, 6.45) is 4.71. The van der Waals surface area contributed by atoms with Crippen molar-refractivity contribution in [3.8, 4) is 12.3 Å². The summed E-state index contributed by atoms with van der Waals surface area (Å²) in [4.78, 5) is 52.1. The number of terminal acetylenes is 1. The van der Waals surface area contributed by atoms with E-state index in [4.69, 9.17) is 15.9 Å². The van der Waals surface area contributed by atoms with Crippen LogP contribution in [0.5, 0.6) is 0 Å². The van der Waals surface area contributed by atoms with Gasteiger partial charge in [-0.15, -0.1) is 6.42 Å². The third kappa shape index (κ3) is 9.69. The van der Waals surface area contributed by atoms with Gasteiger partial charge in [-0.3, -0.25) is 14.4 Å². The fraction of sp³-hybridized carbons (Fsp3) is 0.538. The van der Waals surface area contributed by atoms with Gasteiger partial charge in [0.15, 0.2) is 0 Å². The Balaban J connectivity index is 3.22. The van der Waals surface area contributed by atoms with Gasteiger partial charge in [0.05, 0.1) is 13.0 Å². The lowest BCUT2D eigenvalue weighted by Gasteiger charge is -2.36. The van der Waals surface area contributed by atoms with Crippen LogP contribution in [-0.4, -0.2) is 59.6 Å². The molecule has 0 saturated carbocycles. The molecule has 0 aliphatic rings. The highest BCUT2D eigenvalue weighted by Crippen LogP contribution is 2.25. The van der Waals surface area contributed by atoms with Gasteiger partial charge in [0.2, 0.25) is 11.8 Å². The number of amides is 3. The molecule has 0 spiro atoms. The predicted molar refractivity (Wildman–Crippen MR) is 132 cm³/mol. The number of ether oxygens (including phenoxy) is 2. The first-order valence-corrected chi connectivity index (χ1v) is 11.6. The molecule has 0 fully saturated rings. The molecule has 0 bridgehead atoms. The van der Waals surface area contributed by atoms with Gasteiger partial charge in [0.1, 0.15) is 17.7 Å². The van der Waals surface area contributed by atoms with Gasteiger partial charge in [-0.05, 0) is 66.2 Å². The summed E-state index contributed by atoms with van der Waals surface area (Å²) < 4.78 is 10.1. The molecule has 9 heteroatoms. The van der Waals surface area contributed by atoms with Crippen molar-refractivity contribution in [2.75, 3.05) is 13.2 Å². The lowest BCUT2D eigenvalue weighted by molar-refractivity contribution is -0.145. The van der Waals surface area contributed by atoms with Crippen molar-refractivity contribution >= 4 is 23.9 Å². The Bertz CT molecular complexity index is 928. The van der Waals surface area contributed by atoms with E-state index in [0.717, 1.165) is 0 Å². The molecule has 35 heavy (non-hydrogen) atoms. The molecule has 0 radical (unpaired) electrons. The molecule has 0 aromatic heterocycles. The van der Waals surface area contributed by atoms with Gasteiger partial charge in [0.25, 0.3) is 0 Å². The molecule has 0 aliphatic heterocycles. The van der Waals surface area contributed by atoms with Crippen LogP contribution >= 0.6 is 0 Å². The summed E-state index contributed by atoms with van der Waals surface area (Å²) in [7, 11) is 0. The molecule has 2 atom stereocenters. The van der Waals surface area contributed by atoms with Crippen molar-refractivity contribution in [3.63, 3.8) is 0 Å². The number of carbonyl (C=O) groups is 4. The largest absolute Gasteiger partial charge is 0.466 e. The monoisotopic (exact) mass is 487 g/mol. The second-order valence-electron chi connectivity index (χ2n) is 9.22. The zero-order chi connectivity index (χ0) is 26.8. The maximum Gasteiger partial charge on any atom is 0.408 e. The quantitative estimate of drug-likeness (QED) is 0.387. The van der Waals surface area contributed by atoms with Crippen LogP contribution in [0.15, 0.2) is 24.3 Å². The first-order chi connectivity index (χ1) is 16.3. The molecule has 0 saturated heterocycles. The summed E-state index contributed by atoms with van der Waals surface area (Å²) in [5, 5.41) is 5.25. The number of hydrogen-bond acceptors (Lipinski definition) is 6. The van der Waals surface area contributed by atoms with E-state index in [2.05, 4.69) is 16.6 Å². The van der Waals surface area contributed by atoms with Crippen LogP contribution in [-0.2, 0) is 23.9 Å². The van der Waals surface area contributed by atoms with Gasteiger partial charge in [0, 0.05) is 18.2 Å². The van der Waals surface area contributed by atoms with Crippen LogP contribution in [0.25, 0.3) is 0 Å². The zero-order valence-electron chi connectivity index (χ0n) is 21.6. The van der Waals surface area contributed by atoms with Crippen molar-refractivity contribution < 1.29 is 28.7 Å². The Labute approximate surface area is 207 Å². The fourth-order valence-corrected chi connectivity index (χ4v) is 3.27. The highest BCUT2D eigenvalue weighted by Gasteiger charge is 2.36. The number of benzene rings is 1. The van der Waals surface area contributed by atoms with Crippen LogP contribution in [0.3, 0.4) is 0 Å². The summed E-state index contributed by atoms with van der Waals surface area (Å²) in [6, 6.07) is 4.32. The second kappa shape index (κ2) is 13.4. The van der Waals surface area contributed by atoms with E-state index >= 15 is 0 Å². The van der Waals surface area contributed by atoms with E-state index in [0.29, 0.717) is 11.1 Å². The topological polar surface area (TPSA) is 114 Å². The molecule has 0 aliphatic carbocycles. The van der Waals surface area contributed by atoms with Crippen LogP contribution < -0.4 is 10.6 Å². The smallest absolute Gasteiger partial charge is 0.408 e. The van der Waals surface area contributed by atoms with Crippen LogP contribution in [0.1, 0.15) is 72.1 Å². The Morgan fingerprint density at radius 2 is 1.69 bits per heavy atom. The van der Waals surface area contributed by atoms with E-state index in [1.165, 1.54) is 11.8 Å². The van der Waals surface area contributed by atoms with Gasteiger partial charge in [-0.25, -0.2) is 4.79 Å². The molecular weight excluding hydrogens is 450 g/mol. The van der Waals surface area contributed by atoms with E-state index in [1.54, 1.807) is 65.8 Å². The number of carbonyl (C=O) groups excluding carboxylic acids is 4. The standard InChI is InChI=1S/C26H37N3O6/c1-9-19-11-13-20(14-12-19)22(23(31)27-16-15-21(30)34-10-2)29(17(3)4)24(32)18(5)28-25(33)35-26(6,7)8/h1,11-14,17-18,22H,10,15-16H2,2-8H3,(H,27,31)(H,28,33). The molecule has 3 amide bonds. The molecule has 2 unspecified atom stereocenters. The minimum atomic E-state index is -1.03. The first kappa shape index (κ1) is 29.5. The Hall–Kier alpha value is -3.54. The number of hydrogen-bond donors (Lipinski definition) is 2. The van der Waals surface area contributed by atoms with Crippen LogP contribution in [0.2, 0.25) is 0 Å².